The van der Waals surface area contributed by atoms with Crippen LogP contribution in [0.1, 0.15) is 38.2 Å². The molecule has 4 heteroatoms. The van der Waals surface area contributed by atoms with Crippen molar-refractivity contribution < 1.29 is 4.79 Å². The second kappa shape index (κ2) is 7.20. The first-order valence-corrected chi connectivity index (χ1v) is 7.39. The van der Waals surface area contributed by atoms with Crippen LogP contribution in [0.15, 0.2) is 35.4 Å². The number of hydrogen-bond acceptors (Lipinski definition) is 3. The van der Waals surface area contributed by atoms with Gasteiger partial charge in [0.15, 0.2) is 0 Å². The van der Waals surface area contributed by atoms with E-state index in [2.05, 4.69) is 12.0 Å². The van der Waals surface area contributed by atoms with Gasteiger partial charge in [0.1, 0.15) is 0 Å². The Bertz CT molecular complexity index is 470. The second-order valence-electron chi connectivity index (χ2n) is 5.21. The molecule has 0 bridgehead atoms. The minimum Gasteiger partial charge on any atom is -0.330 e. The summed E-state index contributed by atoms with van der Waals surface area (Å²) in [4.78, 5) is 12.5. The van der Waals surface area contributed by atoms with Gasteiger partial charge in [0, 0.05) is 0 Å². The lowest BCUT2D eigenvalue weighted by Gasteiger charge is -2.14. The molecule has 0 radical (unpaired) electrons. The van der Waals surface area contributed by atoms with E-state index in [9.17, 15) is 4.79 Å². The molecule has 2 rings (SSSR count). The molecule has 1 heterocycles. The van der Waals surface area contributed by atoms with E-state index in [0.29, 0.717) is 13.1 Å². The molecule has 0 aliphatic carbocycles. The highest BCUT2D eigenvalue weighted by molar-refractivity contribution is 6.07. The predicted octanol–water partition coefficient (Wildman–Crippen LogP) is 2.54. The highest BCUT2D eigenvalue weighted by atomic mass is 16.2. The number of amides is 1. The van der Waals surface area contributed by atoms with Crippen LogP contribution in [0, 0.1) is 5.92 Å². The van der Waals surface area contributed by atoms with Crippen LogP contribution in [0.2, 0.25) is 0 Å². The Kier molecular flexibility index (Phi) is 5.30. The third-order valence-electron chi connectivity index (χ3n) is 3.58. The number of hydrogen-bond donors (Lipinski definition) is 1. The number of nitrogens with zero attached hydrogens (tertiary/aromatic N) is 2. The molecule has 1 aromatic rings. The molecule has 0 fully saturated rings. The third kappa shape index (κ3) is 3.45. The molecule has 0 saturated carbocycles. The summed E-state index contributed by atoms with van der Waals surface area (Å²) in [5.41, 5.74) is 7.71. The van der Waals surface area contributed by atoms with Gasteiger partial charge < -0.3 is 5.73 Å². The quantitative estimate of drug-likeness (QED) is 0.830. The lowest BCUT2D eigenvalue weighted by atomic mass is 9.94. The Labute approximate surface area is 120 Å². The fourth-order valence-corrected chi connectivity index (χ4v) is 2.56. The van der Waals surface area contributed by atoms with Gasteiger partial charge in [-0.05, 0) is 31.4 Å². The van der Waals surface area contributed by atoms with Crippen molar-refractivity contribution in [2.45, 2.75) is 39.2 Å². The molecule has 0 spiro atoms. The standard InChI is InChI=1S/C16H23N3O/c1-2-7-15-14(10-6-11-17)16(20)19(18-15)12-13-8-4-3-5-9-13/h3-5,8-9,14H,2,6-7,10-12,17H2,1H3. The zero-order valence-corrected chi connectivity index (χ0v) is 12.1. The Balaban J connectivity index is 2.08. The molecule has 108 valence electrons. The fourth-order valence-electron chi connectivity index (χ4n) is 2.56. The van der Waals surface area contributed by atoms with E-state index in [1.807, 2.05) is 30.3 Å². The third-order valence-corrected chi connectivity index (χ3v) is 3.58. The van der Waals surface area contributed by atoms with E-state index < -0.39 is 0 Å². The minimum atomic E-state index is -0.0535. The summed E-state index contributed by atoms with van der Waals surface area (Å²) < 4.78 is 0. The van der Waals surface area contributed by atoms with Crippen molar-refractivity contribution in [1.29, 1.82) is 0 Å². The van der Waals surface area contributed by atoms with E-state index in [4.69, 9.17) is 5.73 Å². The average molecular weight is 273 g/mol. The van der Waals surface area contributed by atoms with Crippen LogP contribution in [0.4, 0.5) is 0 Å². The lowest BCUT2D eigenvalue weighted by molar-refractivity contribution is -0.132. The molecule has 1 atom stereocenters. The van der Waals surface area contributed by atoms with Crippen molar-refractivity contribution in [3.05, 3.63) is 35.9 Å². The van der Waals surface area contributed by atoms with Crippen molar-refractivity contribution in [1.82, 2.24) is 5.01 Å². The molecule has 1 aromatic carbocycles. The van der Waals surface area contributed by atoms with E-state index in [1.165, 1.54) is 0 Å². The zero-order valence-electron chi connectivity index (χ0n) is 12.1. The van der Waals surface area contributed by atoms with Gasteiger partial charge in [0.05, 0.1) is 18.2 Å². The van der Waals surface area contributed by atoms with Crippen molar-refractivity contribution in [3.8, 4) is 0 Å². The van der Waals surface area contributed by atoms with Gasteiger partial charge in [-0.2, -0.15) is 5.10 Å². The average Bonchev–Trinajstić information content (AvgIpc) is 2.74. The number of nitrogens with two attached hydrogens (primary N) is 1. The Morgan fingerprint density at radius 2 is 2.05 bits per heavy atom. The number of hydrazone groups is 1. The molecule has 1 aliphatic rings. The monoisotopic (exact) mass is 273 g/mol. The molecule has 20 heavy (non-hydrogen) atoms. The van der Waals surface area contributed by atoms with Gasteiger partial charge in [-0.1, -0.05) is 43.7 Å². The van der Waals surface area contributed by atoms with Gasteiger partial charge in [-0.15, -0.1) is 0 Å². The van der Waals surface area contributed by atoms with Crippen LogP contribution >= 0.6 is 0 Å². The Morgan fingerprint density at radius 1 is 1.30 bits per heavy atom. The van der Waals surface area contributed by atoms with Crippen LogP contribution in [0.5, 0.6) is 0 Å². The molecular formula is C16H23N3O. The molecule has 1 unspecified atom stereocenters. The minimum absolute atomic E-state index is 0.0535. The highest BCUT2D eigenvalue weighted by Crippen LogP contribution is 2.24. The van der Waals surface area contributed by atoms with Crippen molar-refractivity contribution in [2.24, 2.45) is 16.8 Å². The van der Waals surface area contributed by atoms with Crippen LogP contribution < -0.4 is 5.73 Å². The van der Waals surface area contributed by atoms with E-state index in [-0.39, 0.29) is 11.8 Å². The highest BCUT2D eigenvalue weighted by Gasteiger charge is 2.34. The van der Waals surface area contributed by atoms with E-state index in [0.717, 1.165) is 37.0 Å². The summed E-state index contributed by atoms with van der Waals surface area (Å²) >= 11 is 0. The van der Waals surface area contributed by atoms with Crippen LogP contribution in [0.3, 0.4) is 0 Å². The molecule has 4 nitrogen and oxygen atoms in total. The molecule has 2 N–H and O–H groups in total. The number of carbonyl (C=O) groups is 1. The maximum Gasteiger partial charge on any atom is 0.251 e. The molecule has 1 amide bonds. The summed E-state index contributed by atoms with van der Waals surface area (Å²) in [5, 5.41) is 6.17. The molecule has 1 aliphatic heterocycles. The summed E-state index contributed by atoms with van der Waals surface area (Å²) in [6, 6.07) is 9.99. The topological polar surface area (TPSA) is 58.7 Å². The number of rotatable bonds is 7. The Hall–Kier alpha value is -1.68. The summed E-state index contributed by atoms with van der Waals surface area (Å²) in [6.07, 6.45) is 3.61. The SMILES string of the molecule is CCCC1=NN(Cc2ccccc2)C(=O)C1CCCN. The first-order chi connectivity index (χ1) is 9.76. The van der Waals surface area contributed by atoms with Crippen LogP contribution in [-0.2, 0) is 11.3 Å². The predicted molar refractivity (Wildman–Crippen MR) is 81.1 cm³/mol. The fraction of sp³-hybridized carbons (Fsp3) is 0.500. The van der Waals surface area contributed by atoms with Gasteiger partial charge in [-0.3, -0.25) is 4.79 Å². The van der Waals surface area contributed by atoms with Crippen LogP contribution in [-0.4, -0.2) is 23.2 Å². The lowest BCUT2D eigenvalue weighted by Crippen LogP contribution is -2.27. The van der Waals surface area contributed by atoms with E-state index in [1.54, 1.807) is 5.01 Å². The summed E-state index contributed by atoms with van der Waals surface area (Å²) in [5.74, 6) is 0.0768. The van der Waals surface area contributed by atoms with Crippen molar-refractivity contribution in [3.63, 3.8) is 0 Å². The largest absolute Gasteiger partial charge is 0.330 e. The first-order valence-electron chi connectivity index (χ1n) is 7.39. The van der Waals surface area contributed by atoms with E-state index >= 15 is 0 Å². The molecular weight excluding hydrogens is 250 g/mol. The maximum atomic E-state index is 12.5. The van der Waals surface area contributed by atoms with Crippen molar-refractivity contribution in [2.75, 3.05) is 6.54 Å². The zero-order chi connectivity index (χ0) is 14.4. The van der Waals surface area contributed by atoms with Gasteiger partial charge in [0.25, 0.3) is 5.91 Å². The number of benzene rings is 1. The summed E-state index contributed by atoms with van der Waals surface area (Å²) in [7, 11) is 0. The smallest absolute Gasteiger partial charge is 0.251 e. The maximum absolute atomic E-state index is 12.5. The van der Waals surface area contributed by atoms with Gasteiger partial charge in [0.2, 0.25) is 0 Å². The summed E-state index contributed by atoms with van der Waals surface area (Å²) in [6.45, 7) is 3.31. The second-order valence-corrected chi connectivity index (χ2v) is 5.21. The normalized spacial score (nSPS) is 18.5. The first kappa shape index (κ1) is 14.7. The molecule has 0 aromatic heterocycles. The number of carbonyl (C=O) groups excluding carboxylic acids is 1. The van der Waals surface area contributed by atoms with Gasteiger partial charge >= 0.3 is 0 Å². The van der Waals surface area contributed by atoms with Crippen LogP contribution in [0.25, 0.3) is 0 Å². The molecule has 0 saturated heterocycles. The van der Waals surface area contributed by atoms with Crippen molar-refractivity contribution >= 4 is 11.6 Å². The Morgan fingerprint density at radius 3 is 2.70 bits per heavy atom. The van der Waals surface area contributed by atoms with Gasteiger partial charge in [-0.25, -0.2) is 5.01 Å².